The van der Waals surface area contributed by atoms with Crippen molar-refractivity contribution in [1.82, 2.24) is 5.32 Å². The number of rotatable bonds is 1. The molecule has 0 aromatic heterocycles. The van der Waals surface area contributed by atoms with Gasteiger partial charge in [0.2, 0.25) is 0 Å². The molecule has 1 aromatic rings. The van der Waals surface area contributed by atoms with Crippen LogP contribution in [0.3, 0.4) is 0 Å². The summed E-state index contributed by atoms with van der Waals surface area (Å²) in [7, 11) is 0. The fourth-order valence-corrected chi connectivity index (χ4v) is 2.17. The van der Waals surface area contributed by atoms with Crippen LogP contribution < -0.4 is 10.2 Å². The average molecular weight is 160 g/mol. The summed E-state index contributed by atoms with van der Waals surface area (Å²) in [6.45, 7) is 2.33. The van der Waals surface area contributed by atoms with Gasteiger partial charge in [0.05, 0.1) is 12.1 Å². The highest BCUT2D eigenvalue weighted by Gasteiger charge is 2.50. The molecule has 0 amide bonds. The van der Waals surface area contributed by atoms with Crippen LogP contribution in [0.15, 0.2) is 30.3 Å². The molecule has 0 saturated carbocycles. The Bertz CT molecular complexity index is 273. The van der Waals surface area contributed by atoms with Crippen molar-refractivity contribution >= 4 is 5.69 Å². The average Bonchev–Trinajstić information content (AvgIpc) is 2.62. The van der Waals surface area contributed by atoms with Gasteiger partial charge in [-0.2, -0.15) is 0 Å². The van der Waals surface area contributed by atoms with Crippen molar-refractivity contribution in [3.8, 4) is 0 Å². The SMILES string of the molecule is c1ccc(N2[C@H]3CNC[C@@H]32)cc1. The van der Waals surface area contributed by atoms with E-state index in [9.17, 15) is 0 Å². The van der Waals surface area contributed by atoms with Crippen molar-refractivity contribution in [2.24, 2.45) is 0 Å². The van der Waals surface area contributed by atoms with E-state index >= 15 is 0 Å². The molecule has 2 aliphatic heterocycles. The second-order valence-electron chi connectivity index (χ2n) is 3.54. The van der Waals surface area contributed by atoms with E-state index in [2.05, 4.69) is 40.5 Å². The van der Waals surface area contributed by atoms with Crippen LogP contribution in [0.1, 0.15) is 0 Å². The van der Waals surface area contributed by atoms with Crippen LogP contribution in [0.4, 0.5) is 5.69 Å². The predicted molar refractivity (Wildman–Crippen MR) is 49.4 cm³/mol. The van der Waals surface area contributed by atoms with E-state index in [1.165, 1.54) is 18.8 Å². The monoisotopic (exact) mass is 160 g/mol. The second-order valence-corrected chi connectivity index (χ2v) is 3.54. The van der Waals surface area contributed by atoms with Gasteiger partial charge in [-0.1, -0.05) is 18.2 Å². The van der Waals surface area contributed by atoms with E-state index in [-0.39, 0.29) is 0 Å². The first-order chi connectivity index (χ1) is 5.97. The van der Waals surface area contributed by atoms with Crippen LogP contribution in [-0.4, -0.2) is 25.2 Å². The molecule has 2 atom stereocenters. The maximum Gasteiger partial charge on any atom is 0.0635 e. The lowest BCUT2D eigenvalue weighted by Crippen LogP contribution is -2.22. The highest BCUT2D eigenvalue weighted by molar-refractivity contribution is 5.57. The maximum absolute atomic E-state index is 3.38. The third kappa shape index (κ3) is 0.786. The van der Waals surface area contributed by atoms with Gasteiger partial charge in [-0.05, 0) is 12.1 Å². The van der Waals surface area contributed by atoms with Crippen molar-refractivity contribution in [3.63, 3.8) is 0 Å². The maximum atomic E-state index is 3.38. The fraction of sp³-hybridized carbons (Fsp3) is 0.400. The molecular weight excluding hydrogens is 148 g/mol. The van der Waals surface area contributed by atoms with Crippen LogP contribution in [-0.2, 0) is 0 Å². The van der Waals surface area contributed by atoms with E-state index in [1.807, 2.05) is 0 Å². The lowest BCUT2D eigenvalue weighted by molar-refractivity contribution is 0.768. The molecule has 2 aliphatic rings. The Balaban J connectivity index is 1.85. The van der Waals surface area contributed by atoms with Crippen LogP contribution in [0.25, 0.3) is 0 Å². The molecule has 0 spiro atoms. The van der Waals surface area contributed by atoms with Crippen molar-refractivity contribution in [1.29, 1.82) is 0 Å². The van der Waals surface area contributed by atoms with Crippen LogP contribution in [0.5, 0.6) is 0 Å². The number of fused-ring (bicyclic) bond motifs is 1. The zero-order chi connectivity index (χ0) is 7.97. The van der Waals surface area contributed by atoms with Gasteiger partial charge in [-0.3, -0.25) is 0 Å². The zero-order valence-electron chi connectivity index (χ0n) is 6.90. The summed E-state index contributed by atoms with van der Waals surface area (Å²) in [6.07, 6.45) is 0. The summed E-state index contributed by atoms with van der Waals surface area (Å²) in [4.78, 5) is 2.50. The second kappa shape index (κ2) is 2.23. The summed E-state index contributed by atoms with van der Waals surface area (Å²) < 4.78 is 0. The number of para-hydroxylation sites is 1. The van der Waals surface area contributed by atoms with Gasteiger partial charge in [0, 0.05) is 18.8 Å². The minimum Gasteiger partial charge on any atom is -0.359 e. The highest BCUT2D eigenvalue weighted by atomic mass is 15.4. The Kier molecular flexibility index (Phi) is 1.21. The minimum absolute atomic E-state index is 0.785. The molecule has 0 unspecified atom stereocenters. The summed E-state index contributed by atoms with van der Waals surface area (Å²) in [5.41, 5.74) is 1.38. The highest BCUT2D eigenvalue weighted by Crippen LogP contribution is 2.36. The van der Waals surface area contributed by atoms with Crippen LogP contribution in [0, 0.1) is 0 Å². The number of anilines is 1. The number of hydrogen-bond donors (Lipinski definition) is 1. The van der Waals surface area contributed by atoms with E-state index in [4.69, 9.17) is 0 Å². The largest absolute Gasteiger partial charge is 0.359 e. The fourth-order valence-electron chi connectivity index (χ4n) is 2.17. The Hall–Kier alpha value is -1.02. The molecule has 2 nitrogen and oxygen atoms in total. The molecule has 12 heavy (non-hydrogen) atoms. The summed E-state index contributed by atoms with van der Waals surface area (Å²) >= 11 is 0. The van der Waals surface area contributed by atoms with Gasteiger partial charge in [0.1, 0.15) is 0 Å². The van der Waals surface area contributed by atoms with Crippen molar-refractivity contribution in [2.75, 3.05) is 18.0 Å². The van der Waals surface area contributed by atoms with Crippen LogP contribution in [0.2, 0.25) is 0 Å². The lowest BCUT2D eigenvalue weighted by atomic mass is 10.3. The molecule has 2 saturated heterocycles. The van der Waals surface area contributed by atoms with Gasteiger partial charge in [-0.25, -0.2) is 0 Å². The molecule has 1 N–H and O–H groups in total. The lowest BCUT2D eigenvalue weighted by Gasteiger charge is -2.09. The predicted octanol–water partition coefficient (Wildman–Crippen LogP) is 0.847. The van der Waals surface area contributed by atoms with Gasteiger partial charge in [-0.15, -0.1) is 0 Å². The third-order valence-corrected chi connectivity index (χ3v) is 2.83. The first-order valence-corrected chi connectivity index (χ1v) is 4.51. The van der Waals surface area contributed by atoms with E-state index in [0.717, 1.165) is 12.1 Å². The van der Waals surface area contributed by atoms with Crippen molar-refractivity contribution < 1.29 is 0 Å². The number of nitrogens with one attached hydrogen (secondary N) is 1. The van der Waals surface area contributed by atoms with Crippen LogP contribution >= 0.6 is 0 Å². The first kappa shape index (κ1) is 6.49. The Morgan fingerprint density at radius 1 is 1.08 bits per heavy atom. The van der Waals surface area contributed by atoms with E-state index in [0.29, 0.717) is 0 Å². The molecule has 1 aromatic carbocycles. The summed E-state index contributed by atoms with van der Waals surface area (Å²) in [5, 5.41) is 3.38. The number of hydrogen-bond acceptors (Lipinski definition) is 2. The van der Waals surface area contributed by atoms with Crippen molar-refractivity contribution in [3.05, 3.63) is 30.3 Å². The molecule has 62 valence electrons. The normalized spacial score (nSPS) is 31.8. The zero-order valence-corrected chi connectivity index (χ0v) is 6.90. The molecule has 3 rings (SSSR count). The molecule has 2 heteroatoms. The smallest absolute Gasteiger partial charge is 0.0635 e. The molecular formula is C10H12N2. The molecule has 2 heterocycles. The third-order valence-electron chi connectivity index (χ3n) is 2.83. The van der Waals surface area contributed by atoms with Gasteiger partial charge >= 0.3 is 0 Å². The van der Waals surface area contributed by atoms with Gasteiger partial charge < -0.3 is 10.2 Å². The minimum atomic E-state index is 0.785. The molecule has 0 radical (unpaired) electrons. The molecule has 0 bridgehead atoms. The topological polar surface area (TPSA) is 15.0 Å². The van der Waals surface area contributed by atoms with Gasteiger partial charge in [0.15, 0.2) is 0 Å². The van der Waals surface area contributed by atoms with E-state index < -0.39 is 0 Å². The summed E-state index contributed by atoms with van der Waals surface area (Å²) in [5.74, 6) is 0. The number of benzene rings is 1. The van der Waals surface area contributed by atoms with Crippen molar-refractivity contribution in [2.45, 2.75) is 12.1 Å². The standard InChI is InChI=1S/C10H12N2/c1-2-4-8(5-3-1)12-9-6-11-7-10(9)12/h1-5,9-11H,6-7H2/t9-,10-/m0/s1. The number of nitrogens with zero attached hydrogens (tertiary/aromatic N) is 1. The Labute approximate surface area is 72.2 Å². The van der Waals surface area contributed by atoms with Gasteiger partial charge in [0.25, 0.3) is 0 Å². The molecule has 2 fully saturated rings. The Morgan fingerprint density at radius 3 is 2.42 bits per heavy atom. The first-order valence-electron chi connectivity index (χ1n) is 4.51. The number of piperazine rings is 1. The Morgan fingerprint density at radius 2 is 1.75 bits per heavy atom. The quantitative estimate of drug-likeness (QED) is 0.612. The van der Waals surface area contributed by atoms with E-state index in [1.54, 1.807) is 0 Å². The molecule has 0 aliphatic carbocycles. The summed E-state index contributed by atoms with van der Waals surface area (Å²) in [6, 6.07) is 12.2.